The summed E-state index contributed by atoms with van der Waals surface area (Å²) in [5.41, 5.74) is 0.990. The molecule has 1 fully saturated rings. The van der Waals surface area contributed by atoms with Gasteiger partial charge in [-0.2, -0.15) is 0 Å². The minimum absolute atomic E-state index is 0.0545. The highest BCUT2D eigenvalue weighted by molar-refractivity contribution is 7.13. The van der Waals surface area contributed by atoms with Crippen LogP contribution >= 0.6 is 11.3 Å². The number of thiazole rings is 1. The molecule has 1 atom stereocenters. The van der Waals surface area contributed by atoms with Crippen molar-refractivity contribution in [2.24, 2.45) is 0 Å². The van der Waals surface area contributed by atoms with Crippen LogP contribution in [0, 0.1) is 0 Å². The summed E-state index contributed by atoms with van der Waals surface area (Å²) in [6.45, 7) is 1.30. The molecule has 1 aromatic carbocycles. The van der Waals surface area contributed by atoms with Gasteiger partial charge in [0.25, 0.3) is 5.91 Å². The number of aromatic hydroxyl groups is 1. The van der Waals surface area contributed by atoms with Crippen LogP contribution in [0.2, 0.25) is 0 Å². The molecule has 0 bridgehead atoms. The van der Waals surface area contributed by atoms with Crippen LogP contribution in [-0.4, -0.2) is 29.1 Å². The second-order valence-corrected chi connectivity index (χ2v) is 6.30. The number of ether oxygens (including phenoxy) is 1. The molecule has 2 heterocycles. The van der Waals surface area contributed by atoms with Crippen molar-refractivity contribution < 1.29 is 14.6 Å². The van der Waals surface area contributed by atoms with Gasteiger partial charge in [-0.25, -0.2) is 4.98 Å². The molecule has 1 saturated heterocycles. The summed E-state index contributed by atoms with van der Waals surface area (Å²) in [6.07, 6.45) is 4.38. The predicted molar refractivity (Wildman–Crippen MR) is 84.2 cm³/mol. The Morgan fingerprint density at radius 1 is 1.50 bits per heavy atom. The van der Waals surface area contributed by atoms with Gasteiger partial charge >= 0.3 is 0 Å². The molecule has 2 aromatic rings. The Hall–Kier alpha value is -1.92. The van der Waals surface area contributed by atoms with E-state index in [9.17, 15) is 9.90 Å². The maximum atomic E-state index is 12.1. The summed E-state index contributed by atoms with van der Waals surface area (Å²) in [5.74, 6) is 0.134. The van der Waals surface area contributed by atoms with Crippen molar-refractivity contribution >= 4 is 17.2 Å². The Bertz CT molecular complexity index is 650. The number of hydrogen-bond donors (Lipinski definition) is 2. The van der Waals surface area contributed by atoms with E-state index in [1.807, 2.05) is 6.07 Å². The molecule has 5 nitrogen and oxygen atoms in total. The Morgan fingerprint density at radius 2 is 2.41 bits per heavy atom. The number of rotatable bonds is 5. The van der Waals surface area contributed by atoms with E-state index < -0.39 is 0 Å². The molecule has 0 saturated carbocycles. The maximum Gasteiger partial charge on any atom is 0.263 e. The highest BCUT2D eigenvalue weighted by Crippen LogP contribution is 2.31. The summed E-state index contributed by atoms with van der Waals surface area (Å²) < 4.78 is 5.57. The number of amides is 1. The summed E-state index contributed by atoms with van der Waals surface area (Å²) in [7, 11) is 0. The van der Waals surface area contributed by atoms with Crippen LogP contribution in [0.4, 0.5) is 0 Å². The second kappa shape index (κ2) is 6.89. The minimum atomic E-state index is -0.109. The zero-order chi connectivity index (χ0) is 15.4. The number of carbonyl (C=O) groups is 1. The zero-order valence-electron chi connectivity index (χ0n) is 12.1. The second-order valence-electron chi connectivity index (χ2n) is 5.24. The summed E-state index contributed by atoms with van der Waals surface area (Å²) in [6, 6.07) is 7.05. The summed E-state index contributed by atoms with van der Waals surface area (Å²) in [5, 5.41) is 13.2. The van der Waals surface area contributed by atoms with Crippen molar-refractivity contribution in [2.45, 2.75) is 25.4 Å². The lowest BCUT2D eigenvalue weighted by molar-refractivity contribution is 0.0958. The first-order valence-corrected chi connectivity index (χ1v) is 8.17. The van der Waals surface area contributed by atoms with Crippen LogP contribution in [0.25, 0.3) is 0 Å². The largest absolute Gasteiger partial charge is 0.508 e. The molecule has 3 rings (SSSR count). The Kier molecular flexibility index (Phi) is 4.70. The number of hydrogen-bond acceptors (Lipinski definition) is 5. The number of phenols is 1. The SMILES string of the molecule is O=C(NCCc1cccc(O)c1)c1cnc(C2CCCO2)s1. The summed E-state index contributed by atoms with van der Waals surface area (Å²) >= 11 is 1.40. The van der Waals surface area contributed by atoms with Gasteiger partial charge in [-0.3, -0.25) is 4.79 Å². The summed E-state index contributed by atoms with van der Waals surface area (Å²) in [4.78, 5) is 17.0. The van der Waals surface area contributed by atoms with Gasteiger partial charge in [0.1, 0.15) is 21.7 Å². The van der Waals surface area contributed by atoms with E-state index in [4.69, 9.17) is 4.74 Å². The maximum absolute atomic E-state index is 12.1. The van der Waals surface area contributed by atoms with Gasteiger partial charge in [0.2, 0.25) is 0 Å². The van der Waals surface area contributed by atoms with E-state index in [1.54, 1.807) is 24.4 Å². The van der Waals surface area contributed by atoms with Gasteiger partial charge in [0.15, 0.2) is 0 Å². The Morgan fingerprint density at radius 3 is 3.18 bits per heavy atom. The lowest BCUT2D eigenvalue weighted by Gasteiger charge is -2.05. The fourth-order valence-electron chi connectivity index (χ4n) is 2.43. The zero-order valence-corrected chi connectivity index (χ0v) is 12.9. The highest BCUT2D eigenvalue weighted by atomic mass is 32.1. The third-order valence-electron chi connectivity index (χ3n) is 3.56. The molecule has 116 valence electrons. The number of aromatic nitrogens is 1. The lowest BCUT2D eigenvalue weighted by Crippen LogP contribution is -2.24. The molecular formula is C16H18N2O3S. The van der Waals surface area contributed by atoms with E-state index in [0.29, 0.717) is 17.8 Å². The van der Waals surface area contributed by atoms with E-state index >= 15 is 0 Å². The molecule has 1 amide bonds. The molecule has 1 aliphatic heterocycles. The van der Waals surface area contributed by atoms with Crippen LogP contribution in [0.1, 0.15) is 39.2 Å². The van der Waals surface area contributed by atoms with Crippen molar-refractivity contribution in [3.63, 3.8) is 0 Å². The van der Waals surface area contributed by atoms with E-state index in [1.165, 1.54) is 11.3 Å². The monoisotopic (exact) mass is 318 g/mol. The van der Waals surface area contributed by atoms with Crippen molar-refractivity contribution in [3.8, 4) is 5.75 Å². The van der Waals surface area contributed by atoms with Gasteiger partial charge in [-0.15, -0.1) is 11.3 Å². The van der Waals surface area contributed by atoms with Crippen molar-refractivity contribution in [3.05, 3.63) is 45.9 Å². The number of phenolic OH excluding ortho intramolecular Hbond substituents is 1. The number of benzene rings is 1. The number of carbonyl (C=O) groups excluding carboxylic acids is 1. The van der Waals surface area contributed by atoms with Gasteiger partial charge in [0, 0.05) is 13.2 Å². The van der Waals surface area contributed by atoms with Gasteiger partial charge in [-0.05, 0) is 37.0 Å². The topological polar surface area (TPSA) is 71.5 Å². The molecule has 0 aliphatic carbocycles. The molecule has 6 heteroatoms. The van der Waals surface area contributed by atoms with Crippen LogP contribution < -0.4 is 5.32 Å². The Balaban J connectivity index is 1.51. The predicted octanol–water partition coefficient (Wildman–Crippen LogP) is 2.67. The van der Waals surface area contributed by atoms with Crippen molar-refractivity contribution in [1.29, 1.82) is 0 Å². The fourth-order valence-corrected chi connectivity index (χ4v) is 3.35. The number of nitrogens with zero attached hydrogens (tertiary/aromatic N) is 1. The third kappa shape index (κ3) is 3.64. The smallest absolute Gasteiger partial charge is 0.263 e. The average molecular weight is 318 g/mol. The standard InChI is InChI=1S/C16H18N2O3S/c19-12-4-1-3-11(9-12)6-7-17-15(20)14-10-18-16(22-14)13-5-2-8-21-13/h1,3-4,9-10,13,19H,2,5-8H2,(H,17,20). The quantitative estimate of drug-likeness (QED) is 0.889. The first-order chi connectivity index (χ1) is 10.7. The first-order valence-electron chi connectivity index (χ1n) is 7.36. The molecule has 1 unspecified atom stereocenters. The minimum Gasteiger partial charge on any atom is -0.508 e. The molecule has 1 aliphatic rings. The average Bonchev–Trinajstić information content (AvgIpc) is 3.18. The van der Waals surface area contributed by atoms with E-state index in [-0.39, 0.29) is 17.8 Å². The lowest BCUT2D eigenvalue weighted by atomic mass is 10.1. The Labute approximate surface area is 133 Å². The molecule has 1 aromatic heterocycles. The fraction of sp³-hybridized carbons (Fsp3) is 0.375. The van der Waals surface area contributed by atoms with Crippen molar-refractivity contribution in [2.75, 3.05) is 13.2 Å². The normalized spacial score (nSPS) is 17.5. The van der Waals surface area contributed by atoms with Crippen LogP contribution in [0.5, 0.6) is 5.75 Å². The number of nitrogens with one attached hydrogen (secondary N) is 1. The molecule has 0 spiro atoms. The molecular weight excluding hydrogens is 300 g/mol. The van der Waals surface area contributed by atoms with E-state index in [0.717, 1.165) is 30.0 Å². The van der Waals surface area contributed by atoms with E-state index in [2.05, 4.69) is 10.3 Å². The van der Waals surface area contributed by atoms with Gasteiger partial charge in [-0.1, -0.05) is 12.1 Å². The molecule has 0 radical (unpaired) electrons. The molecule has 2 N–H and O–H groups in total. The van der Waals surface area contributed by atoms with Gasteiger partial charge in [0.05, 0.1) is 6.20 Å². The van der Waals surface area contributed by atoms with Crippen LogP contribution in [-0.2, 0) is 11.2 Å². The van der Waals surface area contributed by atoms with Crippen molar-refractivity contribution in [1.82, 2.24) is 10.3 Å². The highest BCUT2D eigenvalue weighted by Gasteiger charge is 2.22. The third-order valence-corrected chi connectivity index (χ3v) is 4.65. The molecule has 22 heavy (non-hydrogen) atoms. The van der Waals surface area contributed by atoms with Crippen LogP contribution in [0.15, 0.2) is 30.5 Å². The first kappa shape index (κ1) is 15.0. The van der Waals surface area contributed by atoms with Gasteiger partial charge < -0.3 is 15.2 Å². The van der Waals surface area contributed by atoms with Crippen LogP contribution in [0.3, 0.4) is 0 Å².